The van der Waals surface area contributed by atoms with Gasteiger partial charge in [0.1, 0.15) is 18.0 Å². The van der Waals surface area contributed by atoms with Crippen LogP contribution in [0.2, 0.25) is 0 Å². The Balaban J connectivity index is 1.85. The van der Waals surface area contributed by atoms with Crippen LogP contribution in [-0.4, -0.2) is 24.6 Å². The van der Waals surface area contributed by atoms with Crippen LogP contribution in [0, 0.1) is 23.5 Å². The predicted octanol–water partition coefficient (Wildman–Crippen LogP) is 6.45. The molecule has 0 saturated heterocycles. The molecular formula is C21H27F5O. The normalized spacial score (nSPS) is 36.3. The highest BCUT2D eigenvalue weighted by molar-refractivity contribution is 5.34. The zero-order valence-electron chi connectivity index (χ0n) is 15.8. The van der Waals surface area contributed by atoms with Crippen molar-refractivity contribution in [2.75, 3.05) is 6.61 Å². The first-order valence-corrected chi connectivity index (χ1v) is 9.91. The first kappa shape index (κ1) is 20.4. The van der Waals surface area contributed by atoms with Crippen molar-refractivity contribution in [2.45, 2.75) is 76.3 Å². The first-order valence-electron chi connectivity index (χ1n) is 9.91. The Kier molecular flexibility index (Phi) is 6.02. The van der Waals surface area contributed by atoms with E-state index in [2.05, 4.69) is 0 Å². The summed E-state index contributed by atoms with van der Waals surface area (Å²) in [5.41, 5.74) is -2.19. The average molecular weight is 390 g/mol. The maximum absolute atomic E-state index is 15.5. The van der Waals surface area contributed by atoms with Crippen molar-refractivity contribution >= 4 is 0 Å². The summed E-state index contributed by atoms with van der Waals surface area (Å²) in [6.45, 7) is 3.74. The number of benzene rings is 1. The Morgan fingerprint density at radius 1 is 1.11 bits per heavy atom. The molecule has 6 heteroatoms. The summed E-state index contributed by atoms with van der Waals surface area (Å²) >= 11 is 0. The molecule has 6 unspecified atom stereocenters. The van der Waals surface area contributed by atoms with Crippen molar-refractivity contribution in [3.8, 4) is 5.75 Å². The van der Waals surface area contributed by atoms with Gasteiger partial charge < -0.3 is 4.74 Å². The molecule has 2 fully saturated rings. The van der Waals surface area contributed by atoms with E-state index in [1.54, 1.807) is 6.92 Å². The molecule has 6 atom stereocenters. The topological polar surface area (TPSA) is 9.23 Å². The number of hydrogen-bond acceptors (Lipinski definition) is 1. The number of hydrogen-bond donors (Lipinski definition) is 0. The van der Waals surface area contributed by atoms with E-state index in [-0.39, 0.29) is 43.1 Å². The summed E-state index contributed by atoms with van der Waals surface area (Å²) in [6.07, 6.45) is -1.86. The lowest BCUT2D eigenvalue weighted by atomic mass is 9.86. The summed E-state index contributed by atoms with van der Waals surface area (Å²) in [5.74, 6) is -4.62. The molecule has 3 rings (SSSR count). The third-order valence-electron chi connectivity index (χ3n) is 6.36. The molecular weight excluding hydrogens is 363 g/mol. The second-order valence-electron chi connectivity index (χ2n) is 7.92. The largest absolute Gasteiger partial charge is 0.491 e. The minimum atomic E-state index is -2.07. The fourth-order valence-electron chi connectivity index (χ4n) is 5.01. The standard InChI is InChI=1S/C21H27F5O/c1-3-5-12-10-13-11-16(22)14(8-9-21(13,26)20(12)25)15-6-7-17(27-4-2)19(24)18(15)23/h6-7,12-14,16,20H,3-5,8-11H2,1-2H3. The van der Waals surface area contributed by atoms with Crippen LogP contribution in [0.15, 0.2) is 12.1 Å². The van der Waals surface area contributed by atoms with E-state index >= 15 is 4.39 Å². The SMILES string of the molecule is CCCC1CC2CC(F)C(c3ccc(OCC)c(F)c3F)CCC2(F)C1F. The van der Waals surface area contributed by atoms with E-state index in [0.717, 1.165) is 6.42 Å². The zero-order chi connectivity index (χ0) is 19.8. The molecule has 2 aliphatic carbocycles. The summed E-state index contributed by atoms with van der Waals surface area (Å²) in [6, 6.07) is 2.58. The average Bonchev–Trinajstić information content (AvgIpc) is 2.78. The molecule has 0 bridgehead atoms. The van der Waals surface area contributed by atoms with E-state index in [4.69, 9.17) is 4.74 Å². The quantitative estimate of drug-likeness (QED) is 0.525. The van der Waals surface area contributed by atoms with Crippen LogP contribution < -0.4 is 4.74 Å². The highest BCUT2D eigenvalue weighted by Gasteiger charge is 2.58. The molecule has 0 amide bonds. The van der Waals surface area contributed by atoms with Gasteiger partial charge in [-0.25, -0.2) is 17.6 Å². The van der Waals surface area contributed by atoms with Crippen LogP contribution in [0.5, 0.6) is 5.75 Å². The molecule has 0 heterocycles. The second kappa shape index (κ2) is 7.96. The van der Waals surface area contributed by atoms with Crippen LogP contribution in [0.25, 0.3) is 0 Å². The van der Waals surface area contributed by atoms with Crippen molar-refractivity contribution in [1.82, 2.24) is 0 Å². The van der Waals surface area contributed by atoms with Crippen LogP contribution in [-0.2, 0) is 0 Å². The van der Waals surface area contributed by atoms with Gasteiger partial charge >= 0.3 is 0 Å². The molecule has 1 nitrogen and oxygen atoms in total. The lowest BCUT2D eigenvalue weighted by molar-refractivity contribution is 0.0167. The van der Waals surface area contributed by atoms with Gasteiger partial charge in [-0.05, 0) is 62.5 Å². The smallest absolute Gasteiger partial charge is 0.200 e. The van der Waals surface area contributed by atoms with E-state index in [1.807, 2.05) is 6.92 Å². The Hall–Kier alpha value is -1.33. The maximum Gasteiger partial charge on any atom is 0.200 e. The molecule has 0 N–H and O–H groups in total. The highest BCUT2D eigenvalue weighted by Crippen LogP contribution is 2.55. The van der Waals surface area contributed by atoms with Crippen LogP contribution in [0.4, 0.5) is 22.0 Å². The Labute approximate surface area is 157 Å². The Bertz CT molecular complexity index is 666. The molecule has 152 valence electrons. The number of rotatable bonds is 5. The minimum Gasteiger partial charge on any atom is -0.491 e. The molecule has 27 heavy (non-hydrogen) atoms. The van der Waals surface area contributed by atoms with Gasteiger partial charge in [0.05, 0.1) is 6.61 Å². The van der Waals surface area contributed by atoms with Gasteiger partial charge in [-0.3, -0.25) is 0 Å². The van der Waals surface area contributed by atoms with Crippen LogP contribution >= 0.6 is 0 Å². The van der Waals surface area contributed by atoms with Gasteiger partial charge in [-0.1, -0.05) is 19.4 Å². The number of halogens is 5. The fraction of sp³-hybridized carbons (Fsp3) is 0.714. The van der Waals surface area contributed by atoms with Crippen molar-refractivity contribution < 1.29 is 26.7 Å². The monoisotopic (exact) mass is 390 g/mol. The highest BCUT2D eigenvalue weighted by atomic mass is 19.2. The van der Waals surface area contributed by atoms with E-state index in [9.17, 15) is 17.6 Å². The predicted molar refractivity (Wildman–Crippen MR) is 94.3 cm³/mol. The number of fused-ring (bicyclic) bond motifs is 1. The zero-order valence-corrected chi connectivity index (χ0v) is 15.8. The van der Waals surface area contributed by atoms with E-state index in [1.165, 1.54) is 12.1 Å². The lowest BCUT2D eigenvalue weighted by Gasteiger charge is -2.27. The first-order chi connectivity index (χ1) is 12.8. The summed E-state index contributed by atoms with van der Waals surface area (Å²) in [5, 5.41) is 0. The molecule has 1 aromatic rings. The number of alkyl halides is 3. The van der Waals surface area contributed by atoms with Crippen molar-refractivity contribution in [3.63, 3.8) is 0 Å². The van der Waals surface area contributed by atoms with Crippen molar-refractivity contribution in [2.24, 2.45) is 11.8 Å². The minimum absolute atomic E-state index is 0.0439. The summed E-state index contributed by atoms with van der Waals surface area (Å²) < 4.78 is 78.9. The van der Waals surface area contributed by atoms with Gasteiger partial charge in [0.15, 0.2) is 11.6 Å². The number of ether oxygens (including phenoxy) is 1. The van der Waals surface area contributed by atoms with Gasteiger partial charge in [-0.2, -0.15) is 4.39 Å². The second-order valence-corrected chi connectivity index (χ2v) is 7.92. The third-order valence-corrected chi connectivity index (χ3v) is 6.36. The Morgan fingerprint density at radius 3 is 2.52 bits per heavy atom. The van der Waals surface area contributed by atoms with Gasteiger partial charge in [0.25, 0.3) is 0 Å². The fourth-order valence-corrected chi connectivity index (χ4v) is 5.01. The van der Waals surface area contributed by atoms with Crippen molar-refractivity contribution in [1.29, 1.82) is 0 Å². The Morgan fingerprint density at radius 2 is 1.85 bits per heavy atom. The summed E-state index contributed by atoms with van der Waals surface area (Å²) in [4.78, 5) is 0. The molecule has 2 aliphatic rings. The molecule has 0 spiro atoms. The maximum atomic E-state index is 15.5. The van der Waals surface area contributed by atoms with E-state index < -0.39 is 41.5 Å². The van der Waals surface area contributed by atoms with Crippen molar-refractivity contribution in [3.05, 3.63) is 29.3 Å². The van der Waals surface area contributed by atoms with Gasteiger partial charge in [0.2, 0.25) is 5.82 Å². The molecule has 0 aliphatic heterocycles. The molecule has 1 aromatic carbocycles. The van der Waals surface area contributed by atoms with E-state index in [0.29, 0.717) is 12.8 Å². The molecule has 0 aromatic heterocycles. The van der Waals surface area contributed by atoms with Gasteiger partial charge in [0, 0.05) is 5.92 Å². The van der Waals surface area contributed by atoms with Crippen LogP contribution in [0.3, 0.4) is 0 Å². The van der Waals surface area contributed by atoms with Crippen LogP contribution in [0.1, 0.15) is 63.9 Å². The molecule has 0 radical (unpaired) electrons. The van der Waals surface area contributed by atoms with Gasteiger partial charge in [-0.15, -0.1) is 0 Å². The third kappa shape index (κ3) is 3.56. The lowest BCUT2D eigenvalue weighted by Crippen LogP contribution is -2.37. The molecule has 2 saturated carbocycles. The summed E-state index contributed by atoms with van der Waals surface area (Å²) in [7, 11) is 0.